The molecule has 2 heterocycles. The highest BCUT2D eigenvalue weighted by atomic mass is 19.1. The molecular weight excluding hydrogens is 311 g/mol. The van der Waals surface area contributed by atoms with Crippen LogP contribution in [0.5, 0.6) is 0 Å². The number of carbonyl (C=O) groups excluding carboxylic acids is 1. The SMILES string of the molecule is Cc1ccc([C@H](C)NC(=O)Cn2nc3ccc(F)cn3c2=O)cc1. The molecule has 0 aliphatic heterocycles. The van der Waals surface area contributed by atoms with E-state index in [-0.39, 0.29) is 18.5 Å². The zero-order valence-corrected chi connectivity index (χ0v) is 13.4. The Bertz CT molecular complexity index is 943. The first kappa shape index (κ1) is 15.9. The molecule has 0 radical (unpaired) electrons. The van der Waals surface area contributed by atoms with Crippen molar-refractivity contribution in [3.63, 3.8) is 0 Å². The molecule has 0 unspecified atom stereocenters. The third-order valence-corrected chi connectivity index (χ3v) is 3.79. The van der Waals surface area contributed by atoms with Gasteiger partial charge in [-0.2, -0.15) is 0 Å². The predicted molar refractivity (Wildman–Crippen MR) is 87.1 cm³/mol. The molecule has 6 nitrogen and oxygen atoms in total. The van der Waals surface area contributed by atoms with Crippen LogP contribution in [0.1, 0.15) is 24.1 Å². The number of pyridine rings is 1. The van der Waals surface area contributed by atoms with E-state index in [0.29, 0.717) is 5.65 Å². The first-order valence-electron chi connectivity index (χ1n) is 7.55. The van der Waals surface area contributed by atoms with Crippen molar-refractivity contribution in [3.05, 3.63) is 70.0 Å². The van der Waals surface area contributed by atoms with Gasteiger partial charge in [-0.15, -0.1) is 5.10 Å². The maximum atomic E-state index is 13.2. The number of amides is 1. The molecular formula is C17H17FN4O2. The lowest BCUT2D eigenvalue weighted by Gasteiger charge is -2.14. The van der Waals surface area contributed by atoms with Gasteiger partial charge in [0.15, 0.2) is 5.65 Å². The highest BCUT2D eigenvalue weighted by Gasteiger charge is 2.14. The lowest BCUT2D eigenvalue weighted by atomic mass is 10.1. The molecule has 1 N–H and O–H groups in total. The number of rotatable bonds is 4. The number of nitrogens with one attached hydrogen (secondary N) is 1. The maximum absolute atomic E-state index is 13.2. The lowest BCUT2D eigenvalue weighted by Crippen LogP contribution is -2.34. The molecule has 0 spiro atoms. The first-order chi connectivity index (χ1) is 11.4. The van der Waals surface area contributed by atoms with Gasteiger partial charge in [-0.25, -0.2) is 18.3 Å². The van der Waals surface area contributed by atoms with E-state index in [9.17, 15) is 14.0 Å². The molecule has 0 saturated heterocycles. The van der Waals surface area contributed by atoms with Crippen LogP contribution in [-0.4, -0.2) is 20.1 Å². The summed E-state index contributed by atoms with van der Waals surface area (Å²) in [5, 5.41) is 6.85. The summed E-state index contributed by atoms with van der Waals surface area (Å²) in [6, 6.07) is 10.2. The Labute approximate surface area is 137 Å². The summed E-state index contributed by atoms with van der Waals surface area (Å²) in [6.07, 6.45) is 1.05. The molecule has 1 aromatic carbocycles. The van der Waals surface area contributed by atoms with Crippen molar-refractivity contribution in [2.24, 2.45) is 0 Å². The summed E-state index contributed by atoms with van der Waals surface area (Å²) in [6.45, 7) is 3.63. The van der Waals surface area contributed by atoms with Crippen molar-refractivity contribution >= 4 is 11.6 Å². The van der Waals surface area contributed by atoms with Gasteiger partial charge in [-0.3, -0.25) is 4.79 Å². The minimum atomic E-state index is -0.553. The van der Waals surface area contributed by atoms with E-state index in [2.05, 4.69) is 10.4 Å². The molecule has 7 heteroatoms. The summed E-state index contributed by atoms with van der Waals surface area (Å²) >= 11 is 0. The molecule has 3 rings (SSSR count). The predicted octanol–water partition coefficient (Wildman–Crippen LogP) is 1.82. The number of carbonyl (C=O) groups is 1. The summed E-state index contributed by atoms with van der Waals surface area (Å²) in [5.41, 5.74) is 1.85. The zero-order chi connectivity index (χ0) is 17.3. The minimum Gasteiger partial charge on any atom is -0.348 e. The van der Waals surface area contributed by atoms with Gasteiger partial charge in [-0.05, 0) is 31.5 Å². The number of aromatic nitrogens is 3. The molecule has 1 atom stereocenters. The molecule has 124 valence electrons. The van der Waals surface area contributed by atoms with Crippen LogP contribution in [0.15, 0.2) is 47.4 Å². The van der Waals surface area contributed by atoms with Crippen molar-refractivity contribution < 1.29 is 9.18 Å². The van der Waals surface area contributed by atoms with Gasteiger partial charge in [-0.1, -0.05) is 29.8 Å². The Kier molecular flexibility index (Phi) is 4.16. The third kappa shape index (κ3) is 3.19. The molecule has 1 amide bonds. The Morgan fingerprint density at radius 1 is 1.25 bits per heavy atom. The Balaban J connectivity index is 1.74. The van der Waals surface area contributed by atoms with Gasteiger partial charge >= 0.3 is 5.69 Å². The van der Waals surface area contributed by atoms with Gasteiger partial charge < -0.3 is 5.32 Å². The van der Waals surface area contributed by atoms with E-state index in [1.54, 1.807) is 0 Å². The number of nitrogens with zero attached hydrogens (tertiary/aromatic N) is 3. The standard InChI is InChI=1S/C17H17FN4O2/c1-11-3-5-13(6-4-11)12(2)19-16(23)10-22-17(24)21-9-14(18)7-8-15(21)20-22/h3-9,12H,10H2,1-2H3,(H,19,23)/t12-/m0/s1. The molecule has 0 fully saturated rings. The smallest absolute Gasteiger partial charge is 0.348 e. The molecule has 0 saturated carbocycles. The number of benzene rings is 1. The van der Waals surface area contributed by atoms with Crippen LogP contribution in [0.2, 0.25) is 0 Å². The van der Waals surface area contributed by atoms with Gasteiger partial charge in [0.05, 0.1) is 12.2 Å². The minimum absolute atomic E-state index is 0.191. The highest BCUT2D eigenvalue weighted by Crippen LogP contribution is 2.12. The Hall–Kier alpha value is -2.96. The fourth-order valence-corrected chi connectivity index (χ4v) is 2.46. The molecule has 0 aliphatic carbocycles. The average molecular weight is 328 g/mol. The third-order valence-electron chi connectivity index (χ3n) is 3.79. The van der Waals surface area contributed by atoms with Crippen molar-refractivity contribution in [2.45, 2.75) is 26.4 Å². The highest BCUT2D eigenvalue weighted by molar-refractivity contribution is 5.76. The fourth-order valence-electron chi connectivity index (χ4n) is 2.46. The largest absolute Gasteiger partial charge is 0.350 e. The number of halogens is 1. The molecule has 0 bridgehead atoms. The van der Waals surface area contributed by atoms with E-state index in [4.69, 9.17) is 0 Å². The van der Waals surface area contributed by atoms with Crippen LogP contribution in [0, 0.1) is 12.7 Å². The molecule has 3 aromatic rings. The van der Waals surface area contributed by atoms with Gasteiger partial charge in [0.1, 0.15) is 12.4 Å². The number of aryl methyl sites for hydroxylation is 1. The van der Waals surface area contributed by atoms with E-state index < -0.39 is 11.5 Å². The molecule has 2 aromatic heterocycles. The van der Waals surface area contributed by atoms with Crippen LogP contribution in [0.4, 0.5) is 4.39 Å². The summed E-state index contributed by atoms with van der Waals surface area (Å²) < 4.78 is 15.3. The van der Waals surface area contributed by atoms with E-state index >= 15 is 0 Å². The Morgan fingerprint density at radius 3 is 2.67 bits per heavy atom. The topological polar surface area (TPSA) is 68.4 Å². The number of hydrogen-bond donors (Lipinski definition) is 1. The van der Waals surface area contributed by atoms with E-state index in [0.717, 1.165) is 26.4 Å². The maximum Gasteiger partial charge on any atom is 0.350 e. The van der Waals surface area contributed by atoms with Gasteiger partial charge in [0.2, 0.25) is 5.91 Å². The summed E-state index contributed by atoms with van der Waals surface area (Å²) in [7, 11) is 0. The van der Waals surface area contributed by atoms with Crippen molar-refractivity contribution in [2.75, 3.05) is 0 Å². The van der Waals surface area contributed by atoms with Crippen molar-refractivity contribution in [1.29, 1.82) is 0 Å². The van der Waals surface area contributed by atoms with Crippen LogP contribution >= 0.6 is 0 Å². The van der Waals surface area contributed by atoms with Crippen molar-refractivity contribution in [3.8, 4) is 0 Å². The van der Waals surface area contributed by atoms with E-state index in [1.807, 2.05) is 38.1 Å². The molecule has 24 heavy (non-hydrogen) atoms. The monoisotopic (exact) mass is 328 g/mol. The second kappa shape index (κ2) is 6.27. The van der Waals surface area contributed by atoms with Crippen LogP contribution in [0.3, 0.4) is 0 Å². The van der Waals surface area contributed by atoms with E-state index in [1.165, 1.54) is 12.1 Å². The second-order valence-electron chi connectivity index (χ2n) is 5.72. The first-order valence-corrected chi connectivity index (χ1v) is 7.55. The summed E-state index contributed by atoms with van der Waals surface area (Å²) in [5.74, 6) is -0.879. The van der Waals surface area contributed by atoms with Crippen LogP contribution < -0.4 is 11.0 Å². The number of hydrogen-bond acceptors (Lipinski definition) is 3. The average Bonchev–Trinajstić information content (AvgIpc) is 2.84. The van der Waals surface area contributed by atoms with Crippen LogP contribution in [0.25, 0.3) is 5.65 Å². The Morgan fingerprint density at radius 2 is 1.96 bits per heavy atom. The van der Waals surface area contributed by atoms with Gasteiger partial charge in [0.25, 0.3) is 0 Å². The summed E-state index contributed by atoms with van der Waals surface area (Å²) in [4.78, 5) is 24.3. The lowest BCUT2D eigenvalue weighted by molar-refractivity contribution is -0.122. The quantitative estimate of drug-likeness (QED) is 0.794. The molecule has 0 aliphatic rings. The number of fused-ring (bicyclic) bond motifs is 1. The fraction of sp³-hybridized carbons (Fsp3) is 0.235. The second-order valence-corrected chi connectivity index (χ2v) is 5.72. The van der Waals surface area contributed by atoms with Crippen molar-refractivity contribution in [1.82, 2.24) is 19.5 Å². The normalized spacial score (nSPS) is 12.3. The zero-order valence-electron chi connectivity index (χ0n) is 13.4. The van der Waals surface area contributed by atoms with Gasteiger partial charge in [0, 0.05) is 0 Å². The van der Waals surface area contributed by atoms with Crippen LogP contribution in [-0.2, 0) is 11.3 Å².